The molecule has 1 fully saturated rings. The number of hydrogen-bond donors (Lipinski definition) is 1. The Morgan fingerprint density at radius 2 is 0.957 bits per heavy atom. The van der Waals surface area contributed by atoms with E-state index in [1.54, 1.807) is 0 Å². The van der Waals surface area contributed by atoms with Crippen molar-refractivity contribution in [1.82, 2.24) is 0 Å². The molecule has 1 saturated heterocycles. The molecule has 0 bridgehead atoms. The molecular formula is C36H36Cl3NO6. The molecule has 0 aliphatic carbocycles. The monoisotopic (exact) mass is 683 g/mol. The normalized spacial score (nSPS) is 21.5. The Kier molecular flexibility index (Phi) is 12.9. The maximum absolute atomic E-state index is 8.37. The zero-order valence-electron chi connectivity index (χ0n) is 25.1. The first kappa shape index (κ1) is 34.4. The fourth-order valence-electron chi connectivity index (χ4n) is 5.02. The third-order valence-corrected chi connectivity index (χ3v) is 7.85. The van der Waals surface area contributed by atoms with Gasteiger partial charge in [0.05, 0.1) is 33.0 Å². The highest BCUT2D eigenvalue weighted by atomic mass is 35.6. The van der Waals surface area contributed by atoms with Gasteiger partial charge in [-0.25, -0.2) is 0 Å². The summed E-state index contributed by atoms with van der Waals surface area (Å²) < 4.78 is 36.1. The van der Waals surface area contributed by atoms with E-state index >= 15 is 0 Å². The van der Waals surface area contributed by atoms with E-state index in [4.69, 9.17) is 68.6 Å². The van der Waals surface area contributed by atoms with Crippen LogP contribution in [-0.4, -0.2) is 47.0 Å². The number of ether oxygens (including phenoxy) is 6. The summed E-state index contributed by atoms with van der Waals surface area (Å²) in [6.45, 7) is 1.24. The first-order chi connectivity index (χ1) is 22.4. The van der Waals surface area contributed by atoms with Crippen LogP contribution in [0.4, 0.5) is 0 Å². The highest BCUT2D eigenvalue weighted by Crippen LogP contribution is 2.34. The van der Waals surface area contributed by atoms with E-state index in [-0.39, 0.29) is 26.4 Å². The number of halogens is 3. The molecule has 1 N–H and O–H groups in total. The Bertz CT molecular complexity index is 1460. The van der Waals surface area contributed by atoms with E-state index in [1.165, 1.54) is 0 Å². The third-order valence-electron chi connectivity index (χ3n) is 7.33. The van der Waals surface area contributed by atoms with Crippen molar-refractivity contribution in [2.45, 2.75) is 60.9 Å². The first-order valence-corrected chi connectivity index (χ1v) is 16.1. The molecule has 10 heteroatoms. The lowest BCUT2D eigenvalue weighted by molar-refractivity contribution is -0.313. The van der Waals surface area contributed by atoms with E-state index in [0.717, 1.165) is 22.3 Å². The summed E-state index contributed by atoms with van der Waals surface area (Å²) in [5.74, 6) is -0.606. The Labute approximate surface area is 284 Å². The molecule has 242 valence electrons. The second-order valence-electron chi connectivity index (χ2n) is 10.8. The number of nitrogens with one attached hydrogen (secondary N) is 1. The van der Waals surface area contributed by atoms with Crippen LogP contribution in [0.2, 0.25) is 0 Å². The highest BCUT2D eigenvalue weighted by molar-refractivity contribution is 6.76. The van der Waals surface area contributed by atoms with Gasteiger partial charge in [0.25, 0.3) is 3.79 Å². The minimum atomic E-state index is -2.12. The summed E-state index contributed by atoms with van der Waals surface area (Å²) >= 11 is 18.1. The van der Waals surface area contributed by atoms with E-state index in [9.17, 15) is 0 Å². The largest absolute Gasteiger partial charge is 0.445 e. The van der Waals surface area contributed by atoms with Gasteiger partial charge in [-0.15, -0.1) is 0 Å². The lowest BCUT2D eigenvalue weighted by Crippen LogP contribution is -2.62. The molecule has 0 aromatic heterocycles. The predicted molar refractivity (Wildman–Crippen MR) is 179 cm³/mol. The predicted octanol–water partition coefficient (Wildman–Crippen LogP) is 8.05. The average Bonchev–Trinajstić information content (AvgIpc) is 3.07. The molecule has 3 unspecified atom stereocenters. The Morgan fingerprint density at radius 1 is 0.565 bits per heavy atom. The van der Waals surface area contributed by atoms with Gasteiger partial charge in [-0.3, -0.25) is 5.41 Å². The maximum atomic E-state index is 8.37. The van der Waals surface area contributed by atoms with E-state index in [0.29, 0.717) is 6.61 Å². The molecule has 7 nitrogen and oxygen atoms in total. The van der Waals surface area contributed by atoms with Gasteiger partial charge >= 0.3 is 0 Å². The smallest absolute Gasteiger partial charge is 0.265 e. The molecule has 4 aromatic rings. The number of benzene rings is 4. The number of alkyl halides is 3. The van der Waals surface area contributed by atoms with Gasteiger partial charge in [-0.05, 0) is 22.3 Å². The molecule has 0 spiro atoms. The highest BCUT2D eigenvalue weighted by Gasteiger charge is 2.51. The minimum Gasteiger partial charge on any atom is -0.445 e. The fraction of sp³-hybridized carbons (Fsp3) is 0.306. The summed E-state index contributed by atoms with van der Waals surface area (Å²) in [6, 6.07) is 39.2. The van der Waals surface area contributed by atoms with Crippen LogP contribution in [-0.2, 0) is 54.8 Å². The summed E-state index contributed by atoms with van der Waals surface area (Å²) in [4.78, 5) is 0. The van der Waals surface area contributed by atoms with Crippen molar-refractivity contribution >= 4 is 40.7 Å². The van der Waals surface area contributed by atoms with E-state index < -0.39 is 40.4 Å². The van der Waals surface area contributed by atoms with Gasteiger partial charge in [-0.1, -0.05) is 156 Å². The summed E-state index contributed by atoms with van der Waals surface area (Å²) in [6.07, 6.45) is -4.17. The second-order valence-corrected chi connectivity index (χ2v) is 13.1. The standard InChI is InChI=1S/C36H36Cl3NO6/c37-36(38,39)35(40)46-34-33(44-24-29-19-11-4-12-20-29)32(43-23-28-17-9-3-10-18-28)31(42-22-27-15-7-2-8-16-27)30(45-34)25-41-21-26-13-5-1-6-14-26/h1-20,30-34,40H,21-25H2/t30?,31-,32+,33?,34?/m0/s1. The van der Waals surface area contributed by atoms with Crippen molar-refractivity contribution in [1.29, 1.82) is 5.41 Å². The van der Waals surface area contributed by atoms with Crippen molar-refractivity contribution in [3.8, 4) is 0 Å². The Hall–Kier alpha value is -2.98. The molecule has 0 amide bonds. The van der Waals surface area contributed by atoms with Gasteiger partial charge in [0.2, 0.25) is 12.2 Å². The second kappa shape index (κ2) is 17.3. The molecule has 4 aromatic carbocycles. The quantitative estimate of drug-likeness (QED) is 0.0823. The van der Waals surface area contributed by atoms with Gasteiger partial charge in [0.15, 0.2) is 0 Å². The Balaban J connectivity index is 1.46. The van der Waals surface area contributed by atoms with Crippen LogP contribution >= 0.6 is 34.8 Å². The topological polar surface area (TPSA) is 79.2 Å². The molecular weight excluding hydrogens is 649 g/mol. The molecule has 1 aliphatic rings. The van der Waals surface area contributed by atoms with Crippen molar-refractivity contribution in [2.75, 3.05) is 6.61 Å². The molecule has 1 heterocycles. The molecule has 46 heavy (non-hydrogen) atoms. The van der Waals surface area contributed by atoms with Crippen molar-refractivity contribution < 1.29 is 28.4 Å². The van der Waals surface area contributed by atoms with Crippen LogP contribution in [0.5, 0.6) is 0 Å². The van der Waals surface area contributed by atoms with Crippen molar-refractivity contribution in [3.05, 3.63) is 144 Å². The fourth-order valence-corrected chi connectivity index (χ4v) is 5.16. The maximum Gasteiger partial charge on any atom is 0.265 e. The molecule has 5 atom stereocenters. The van der Waals surface area contributed by atoms with Crippen LogP contribution in [0, 0.1) is 5.41 Å². The zero-order valence-corrected chi connectivity index (χ0v) is 27.3. The van der Waals surface area contributed by atoms with Crippen LogP contribution in [0.1, 0.15) is 22.3 Å². The van der Waals surface area contributed by atoms with Crippen LogP contribution in [0.3, 0.4) is 0 Å². The van der Waals surface area contributed by atoms with Crippen molar-refractivity contribution in [3.63, 3.8) is 0 Å². The summed E-state index contributed by atoms with van der Waals surface area (Å²) in [7, 11) is 0. The minimum absolute atomic E-state index is 0.131. The van der Waals surface area contributed by atoms with Gasteiger partial charge in [0.1, 0.15) is 24.4 Å². The zero-order chi connectivity index (χ0) is 32.2. The summed E-state index contributed by atoms with van der Waals surface area (Å²) in [5.41, 5.74) is 3.87. The van der Waals surface area contributed by atoms with Gasteiger partial charge in [0, 0.05) is 0 Å². The van der Waals surface area contributed by atoms with Crippen LogP contribution < -0.4 is 0 Å². The molecule has 1 aliphatic heterocycles. The van der Waals surface area contributed by atoms with Crippen molar-refractivity contribution in [2.24, 2.45) is 0 Å². The lowest BCUT2D eigenvalue weighted by Gasteiger charge is -2.46. The van der Waals surface area contributed by atoms with Crippen LogP contribution in [0.15, 0.2) is 121 Å². The molecule has 0 radical (unpaired) electrons. The van der Waals surface area contributed by atoms with Gasteiger partial charge < -0.3 is 28.4 Å². The average molecular weight is 685 g/mol. The molecule has 0 saturated carbocycles. The van der Waals surface area contributed by atoms with E-state index in [2.05, 4.69) is 0 Å². The van der Waals surface area contributed by atoms with E-state index in [1.807, 2.05) is 121 Å². The number of hydrogen-bond acceptors (Lipinski definition) is 7. The van der Waals surface area contributed by atoms with Crippen LogP contribution in [0.25, 0.3) is 0 Å². The first-order valence-electron chi connectivity index (χ1n) is 14.9. The number of rotatable bonds is 14. The molecule has 5 rings (SSSR count). The SMILES string of the molecule is N=C(OC1OC(COCc2ccccc2)[C@H](OCc2ccccc2)[C@@H](OCc2ccccc2)C1OCc1ccccc1)C(Cl)(Cl)Cl. The van der Waals surface area contributed by atoms with Gasteiger partial charge in [-0.2, -0.15) is 0 Å². The summed E-state index contributed by atoms with van der Waals surface area (Å²) in [5, 5.41) is 8.37. The lowest BCUT2D eigenvalue weighted by atomic mass is 9.97. The third kappa shape index (κ3) is 10.3. The Morgan fingerprint density at radius 3 is 1.39 bits per heavy atom.